The van der Waals surface area contributed by atoms with Crippen LogP contribution in [0, 0.1) is 5.92 Å². The van der Waals surface area contributed by atoms with Crippen LogP contribution in [0.4, 0.5) is 0 Å². The van der Waals surface area contributed by atoms with Crippen molar-refractivity contribution in [2.24, 2.45) is 5.92 Å². The number of likely N-dealkylation sites (N-methyl/N-ethyl adjacent to an activating group) is 1. The number of rotatable bonds is 12. The van der Waals surface area contributed by atoms with E-state index in [-0.39, 0.29) is 5.97 Å². The number of nitrogens with zero attached hydrogens (tertiary/aromatic N) is 1. The van der Waals surface area contributed by atoms with Crippen LogP contribution in [0.2, 0.25) is 0 Å². The van der Waals surface area contributed by atoms with Gasteiger partial charge in [-0.1, -0.05) is 27.2 Å². The van der Waals surface area contributed by atoms with E-state index in [4.69, 9.17) is 4.74 Å². The van der Waals surface area contributed by atoms with Gasteiger partial charge in [0.05, 0.1) is 6.61 Å². The summed E-state index contributed by atoms with van der Waals surface area (Å²) in [6.45, 7) is 13.8. The van der Waals surface area contributed by atoms with Gasteiger partial charge in [0.2, 0.25) is 0 Å². The molecule has 0 amide bonds. The summed E-state index contributed by atoms with van der Waals surface area (Å²) in [6.07, 6.45) is 4.21. The zero-order valence-electron chi connectivity index (χ0n) is 15.0. The minimum atomic E-state index is -0.542. The minimum Gasteiger partial charge on any atom is -0.465 e. The van der Waals surface area contributed by atoms with Crippen LogP contribution in [0.15, 0.2) is 0 Å². The summed E-state index contributed by atoms with van der Waals surface area (Å²) in [4.78, 5) is 14.5. The fourth-order valence-corrected chi connectivity index (χ4v) is 2.56. The molecular weight excluding hydrogens is 264 g/mol. The van der Waals surface area contributed by atoms with E-state index in [9.17, 15) is 4.79 Å². The average molecular weight is 300 g/mol. The molecule has 0 heterocycles. The molecule has 4 nitrogen and oxygen atoms in total. The topological polar surface area (TPSA) is 41.6 Å². The molecule has 1 N–H and O–H groups in total. The lowest BCUT2D eigenvalue weighted by Gasteiger charge is -2.28. The Labute approximate surface area is 131 Å². The van der Waals surface area contributed by atoms with Gasteiger partial charge < -0.3 is 15.0 Å². The Morgan fingerprint density at radius 1 is 1.29 bits per heavy atom. The molecule has 4 heteroatoms. The molecule has 0 aliphatic carbocycles. The third-order valence-electron chi connectivity index (χ3n) is 4.08. The first kappa shape index (κ1) is 20.4. The van der Waals surface area contributed by atoms with E-state index < -0.39 is 5.54 Å². The molecule has 0 aromatic heterocycles. The number of carbonyl (C=O) groups is 1. The van der Waals surface area contributed by atoms with Crippen molar-refractivity contribution in [2.75, 3.05) is 33.3 Å². The van der Waals surface area contributed by atoms with E-state index >= 15 is 0 Å². The normalized spacial score (nSPS) is 15.8. The van der Waals surface area contributed by atoms with E-state index in [1.807, 2.05) is 20.8 Å². The highest BCUT2D eigenvalue weighted by molar-refractivity contribution is 5.80. The highest BCUT2D eigenvalue weighted by Gasteiger charge is 2.32. The van der Waals surface area contributed by atoms with Gasteiger partial charge in [0, 0.05) is 6.54 Å². The molecule has 0 bridgehead atoms. The van der Waals surface area contributed by atoms with E-state index in [2.05, 4.69) is 31.1 Å². The fourth-order valence-electron chi connectivity index (χ4n) is 2.56. The molecule has 0 saturated carbocycles. The van der Waals surface area contributed by atoms with Crippen LogP contribution in [0.3, 0.4) is 0 Å². The lowest BCUT2D eigenvalue weighted by Crippen LogP contribution is -2.50. The van der Waals surface area contributed by atoms with Crippen molar-refractivity contribution in [3.05, 3.63) is 0 Å². The van der Waals surface area contributed by atoms with Crippen LogP contribution in [0.1, 0.15) is 60.3 Å². The molecule has 0 aromatic rings. The zero-order chi connectivity index (χ0) is 16.3. The lowest BCUT2D eigenvalue weighted by molar-refractivity contribution is -0.150. The van der Waals surface area contributed by atoms with Gasteiger partial charge in [-0.3, -0.25) is 4.79 Å². The molecule has 21 heavy (non-hydrogen) atoms. The van der Waals surface area contributed by atoms with Crippen LogP contribution in [-0.2, 0) is 9.53 Å². The lowest BCUT2D eigenvalue weighted by atomic mass is 9.94. The molecule has 0 spiro atoms. The van der Waals surface area contributed by atoms with Crippen molar-refractivity contribution in [3.8, 4) is 0 Å². The molecule has 126 valence electrons. The Morgan fingerprint density at radius 2 is 1.95 bits per heavy atom. The maximum atomic E-state index is 12.1. The predicted octanol–water partition coefficient (Wildman–Crippen LogP) is 3.07. The minimum absolute atomic E-state index is 0.125. The molecule has 0 radical (unpaired) electrons. The van der Waals surface area contributed by atoms with Crippen molar-refractivity contribution in [2.45, 2.75) is 65.8 Å². The van der Waals surface area contributed by atoms with Gasteiger partial charge in [0.25, 0.3) is 0 Å². The highest BCUT2D eigenvalue weighted by Crippen LogP contribution is 2.16. The van der Waals surface area contributed by atoms with Crippen LogP contribution in [-0.4, -0.2) is 49.7 Å². The van der Waals surface area contributed by atoms with Crippen LogP contribution >= 0.6 is 0 Å². The fraction of sp³-hybridized carbons (Fsp3) is 0.941. The summed E-state index contributed by atoms with van der Waals surface area (Å²) in [6, 6.07) is 0. The summed E-state index contributed by atoms with van der Waals surface area (Å²) in [5.74, 6) is 0.626. The van der Waals surface area contributed by atoms with Crippen molar-refractivity contribution in [1.82, 2.24) is 10.2 Å². The van der Waals surface area contributed by atoms with Crippen molar-refractivity contribution in [1.29, 1.82) is 0 Å². The summed E-state index contributed by atoms with van der Waals surface area (Å²) < 4.78 is 5.19. The summed E-state index contributed by atoms with van der Waals surface area (Å²) in [5.41, 5.74) is -0.542. The third kappa shape index (κ3) is 8.42. The van der Waals surface area contributed by atoms with E-state index in [1.165, 1.54) is 6.42 Å². The Hall–Kier alpha value is -0.610. The second-order valence-electron chi connectivity index (χ2n) is 6.32. The number of carbonyl (C=O) groups excluding carboxylic acids is 1. The number of nitrogens with one attached hydrogen (secondary N) is 1. The summed E-state index contributed by atoms with van der Waals surface area (Å²) >= 11 is 0. The van der Waals surface area contributed by atoms with Crippen molar-refractivity contribution < 1.29 is 9.53 Å². The SMILES string of the molecule is CCNC(C)(CCCCN(C)CC(C)CC)C(=O)OCC. The maximum absolute atomic E-state index is 12.1. The number of ether oxygens (including phenoxy) is 1. The number of hydrogen-bond acceptors (Lipinski definition) is 4. The Bertz CT molecular complexity index is 284. The van der Waals surface area contributed by atoms with Crippen LogP contribution in [0.25, 0.3) is 0 Å². The molecule has 0 aliphatic rings. The molecule has 0 saturated heterocycles. The Kier molecular flexibility index (Phi) is 10.7. The first-order valence-electron chi connectivity index (χ1n) is 8.50. The molecule has 2 unspecified atom stereocenters. The second-order valence-corrected chi connectivity index (χ2v) is 6.32. The van der Waals surface area contributed by atoms with Gasteiger partial charge in [0.15, 0.2) is 0 Å². The Balaban J connectivity index is 4.12. The van der Waals surface area contributed by atoms with E-state index in [0.29, 0.717) is 6.61 Å². The molecular formula is C17H36N2O2. The van der Waals surface area contributed by atoms with Gasteiger partial charge in [-0.05, 0) is 59.2 Å². The smallest absolute Gasteiger partial charge is 0.326 e. The summed E-state index contributed by atoms with van der Waals surface area (Å²) in [7, 11) is 2.18. The summed E-state index contributed by atoms with van der Waals surface area (Å²) in [5, 5.41) is 3.28. The third-order valence-corrected chi connectivity index (χ3v) is 4.08. The Morgan fingerprint density at radius 3 is 2.48 bits per heavy atom. The van der Waals surface area contributed by atoms with E-state index in [0.717, 1.165) is 44.8 Å². The largest absolute Gasteiger partial charge is 0.465 e. The first-order chi connectivity index (χ1) is 9.89. The van der Waals surface area contributed by atoms with Crippen molar-refractivity contribution >= 4 is 5.97 Å². The maximum Gasteiger partial charge on any atom is 0.326 e. The van der Waals surface area contributed by atoms with Gasteiger partial charge in [0.1, 0.15) is 5.54 Å². The number of unbranched alkanes of at least 4 members (excludes halogenated alkanes) is 1. The molecule has 2 atom stereocenters. The van der Waals surface area contributed by atoms with Crippen molar-refractivity contribution in [3.63, 3.8) is 0 Å². The molecule has 0 fully saturated rings. The van der Waals surface area contributed by atoms with Crippen LogP contribution < -0.4 is 5.32 Å². The predicted molar refractivity (Wildman–Crippen MR) is 89.5 cm³/mol. The van der Waals surface area contributed by atoms with Gasteiger partial charge in [-0.2, -0.15) is 0 Å². The standard InChI is InChI=1S/C17H36N2O2/c1-7-15(4)14-19(6)13-11-10-12-17(5,18-8-2)16(20)21-9-3/h15,18H,7-14H2,1-6H3. The average Bonchev–Trinajstić information content (AvgIpc) is 2.44. The molecule has 0 rings (SSSR count). The molecule has 0 aromatic carbocycles. The number of esters is 1. The zero-order valence-corrected chi connectivity index (χ0v) is 15.0. The number of hydrogen-bond donors (Lipinski definition) is 1. The first-order valence-corrected chi connectivity index (χ1v) is 8.50. The quantitative estimate of drug-likeness (QED) is 0.444. The monoisotopic (exact) mass is 300 g/mol. The van der Waals surface area contributed by atoms with Gasteiger partial charge >= 0.3 is 5.97 Å². The highest BCUT2D eigenvalue weighted by atomic mass is 16.5. The van der Waals surface area contributed by atoms with Gasteiger partial charge in [-0.25, -0.2) is 0 Å². The second kappa shape index (κ2) is 11.0. The van der Waals surface area contributed by atoms with Gasteiger partial charge in [-0.15, -0.1) is 0 Å². The molecule has 0 aliphatic heterocycles. The van der Waals surface area contributed by atoms with E-state index in [1.54, 1.807) is 0 Å². The van der Waals surface area contributed by atoms with Crippen LogP contribution in [0.5, 0.6) is 0 Å².